The molecule has 76 valence electrons. The predicted octanol–water partition coefficient (Wildman–Crippen LogP) is 3.15. The zero-order valence-corrected chi connectivity index (χ0v) is 9.14. The first-order valence-electron chi connectivity index (χ1n) is 5.02. The smallest absolute Gasteiger partial charge is 0.158 e. The molecule has 0 aromatic carbocycles. The van der Waals surface area contributed by atoms with E-state index in [0.29, 0.717) is 11.3 Å². The van der Waals surface area contributed by atoms with Crippen LogP contribution in [-0.4, -0.2) is 5.78 Å². The molecule has 0 spiro atoms. The Morgan fingerprint density at radius 2 is 2.20 bits per heavy atom. The normalized spacial score (nSPS) is 19.1. The Balaban J connectivity index is 2.21. The first kappa shape index (κ1) is 10.1. The lowest BCUT2D eigenvalue weighted by molar-refractivity contribution is -0.116. The number of rotatable bonds is 1. The lowest BCUT2D eigenvalue weighted by atomic mass is 9.92. The van der Waals surface area contributed by atoms with Crippen molar-refractivity contribution in [3.8, 4) is 6.07 Å². The summed E-state index contributed by atoms with van der Waals surface area (Å²) in [7, 11) is 0. The Labute approximate surface area is 92.8 Å². The Morgan fingerprint density at radius 3 is 2.87 bits per heavy atom. The molecule has 1 aromatic rings. The standard InChI is InChI=1S/C12H11NOS/c13-7-11-6-9(8-15-11)5-10-3-1-2-4-12(10)14/h5-6,8H,1-4H2/b10-5+. The van der Waals surface area contributed by atoms with E-state index in [1.165, 1.54) is 11.3 Å². The molecule has 1 fully saturated rings. The molecule has 0 radical (unpaired) electrons. The molecule has 1 saturated carbocycles. The van der Waals surface area contributed by atoms with Gasteiger partial charge in [0, 0.05) is 6.42 Å². The second kappa shape index (κ2) is 4.41. The van der Waals surface area contributed by atoms with Crippen molar-refractivity contribution in [2.75, 3.05) is 0 Å². The van der Waals surface area contributed by atoms with Gasteiger partial charge in [-0.1, -0.05) is 0 Å². The van der Waals surface area contributed by atoms with Gasteiger partial charge in [-0.3, -0.25) is 4.79 Å². The van der Waals surface area contributed by atoms with Gasteiger partial charge in [-0.05, 0) is 47.9 Å². The number of hydrogen-bond donors (Lipinski definition) is 0. The average Bonchev–Trinajstić information content (AvgIpc) is 2.69. The van der Waals surface area contributed by atoms with E-state index >= 15 is 0 Å². The zero-order chi connectivity index (χ0) is 10.7. The molecule has 1 aromatic heterocycles. The first-order chi connectivity index (χ1) is 7.29. The molecule has 1 aliphatic rings. The van der Waals surface area contributed by atoms with Crippen LogP contribution in [0.5, 0.6) is 0 Å². The number of nitriles is 1. The number of thiophene rings is 1. The Hall–Kier alpha value is -1.40. The fourth-order valence-electron chi connectivity index (χ4n) is 1.74. The molecule has 0 N–H and O–H groups in total. The third-order valence-corrected chi connectivity index (χ3v) is 3.38. The number of carbonyl (C=O) groups excluding carboxylic acids is 1. The van der Waals surface area contributed by atoms with E-state index < -0.39 is 0 Å². The largest absolute Gasteiger partial charge is 0.295 e. The first-order valence-corrected chi connectivity index (χ1v) is 5.90. The van der Waals surface area contributed by atoms with Crippen LogP contribution in [0.3, 0.4) is 0 Å². The number of nitrogens with zero attached hydrogens (tertiary/aromatic N) is 1. The van der Waals surface area contributed by atoms with E-state index in [1.54, 1.807) is 0 Å². The summed E-state index contributed by atoms with van der Waals surface area (Å²) in [5.74, 6) is 0.269. The molecule has 0 bridgehead atoms. The van der Waals surface area contributed by atoms with Crippen LogP contribution in [0.15, 0.2) is 17.0 Å². The molecule has 0 amide bonds. The molecule has 0 saturated heterocycles. The summed E-state index contributed by atoms with van der Waals surface area (Å²) in [6.07, 6.45) is 5.62. The molecular formula is C12H11NOS. The maximum Gasteiger partial charge on any atom is 0.158 e. The molecule has 3 heteroatoms. The number of allylic oxidation sites excluding steroid dienone is 1. The van der Waals surface area contributed by atoms with Gasteiger partial charge < -0.3 is 0 Å². The summed E-state index contributed by atoms with van der Waals surface area (Å²) < 4.78 is 0. The third kappa shape index (κ3) is 2.34. The van der Waals surface area contributed by atoms with Crippen molar-refractivity contribution in [1.29, 1.82) is 5.26 Å². The van der Waals surface area contributed by atoms with Crippen LogP contribution in [0.4, 0.5) is 0 Å². The van der Waals surface area contributed by atoms with Crippen molar-refractivity contribution in [2.24, 2.45) is 0 Å². The van der Waals surface area contributed by atoms with E-state index in [9.17, 15) is 4.79 Å². The fraction of sp³-hybridized carbons (Fsp3) is 0.333. The third-order valence-electron chi connectivity index (χ3n) is 2.53. The second-order valence-electron chi connectivity index (χ2n) is 3.66. The highest BCUT2D eigenvalue weighted by atomic mass is 32.1. The van der Waals surface area contributed by atoms with Crippen LogP contribution in [0.2, 0.25) is 0 Å². The van der Waals surface area contributed by atoms with Crippen LogP contribution < -0.4 is 0 Å². The van der Waals surface area contributed by atoms with Crippen LogP contribution >= 0.6 is 11.3 Å². The van der Waals surface area contributed by atoms with Gasteiger partial charge in [0.1, 0.15) is 10.9 Å². The number of ketones is 1. The molecule has 2 nitrogen and oxygen atoms in total. The molecule has 0 unspecified atom stereocenters. The van der Waals surface area contributed by atoms with Crippen molar-refractivity contribution in [2.45, 2.75) is 25.7 Å². The molecule has 1 heterocycles. The molecular weight excluding hydrogens is 206 g/mol. The average molecular weight is 217 g/mol. The zero-order valence-electron chi connectivity index (χ0n) is 8.32. The van der Waals surface area contributed by atoms with Crippen LogP contribution in [0.25, 0.3) is 6.08 Å². The minimum absolute atomic E-state index is 0.269. The van der Waals surface area contributed by atoms with Gasteiger partial charge in [-0.25, -0.2) is 0 Å². The summed E-state index contributed by atoms with van der Waals surface area (Å²) >= 11 is 1.42. The second-order valence-corrected chi connectivity index (χ2v) is 4.57. The summed E-state index contributed by atoms with van der Waals surface area (Å²) in [4.78, 5) is 12.2. The maximum absolute atomic E-state index is 11.5. The lowest BCUT2D eigenvalue weighted by Gasteiger charge is -2.11. The van der Waals surface area contributed by atoms with Crippen LogP contribution in [0, 0.1) is 11.3 Å². The molecule has 1 aliphatic carbocycles. The maximum atomic E-state index is 11.5. The van der Waals surface area contributed by atoms with Crippen molar-refractivity contribution >= 4 is 23.2 Å². The van der Waals surface area contributed by atoms with Gasteiger partial charge in [0.15, 0.2) is 5.78 Å². The summed E-state index contributed by atoms with van der Waals surface area (Å²) in [6, 6.07) is 3.93. The van der Waals surface area contributed by atoms with Crippen molar-refractivity contribution in [3.05, 3.63) is 27.5 Å². The quantitative estimate of drug-likeness (QED) is 0.678. The molecule has 0 atom stereocenters. The van der Waals surface area contributed by atoms with Gasteiger partial charge >= 0.3 is 0 Å². The van der Waals surface area contributed by atoms with E-state index in [2.05, 4.69) is 6.07 Å². The Morgan fingerprint density at radius 1 is 1.40 bits per heavy atom. The van der Waals surface area contributed by atoms with Gasteiger partial charge in [-0.15, -0.1) is 11.3 Å². The molecule has 0 aliphatic heterocycles. The van der Waals surface area contributed by atoms with Crippen molar-refractivity contribution < 1.29 is 4.79 Å². The van der Waals surface area contributed by atoms with Gasteiger partial charge in [0.2, 0.25) is 0 Å². The van der Waals surface area contributed by atoms with Crippen molar-refractivity contribution in [3.63, 3.8) is 0 Å². The van der Waals surface area contributed by atoms with E-state index in [4.69, 9.17) is 5.26 Å². The predicted molar refractivity (Wildman–Crippen MR) is 60.5 cm³/mol. The van der Waals surface area contributed by atoms with Gasteiger partial charge in [-0.2, -0.15) is 5.26 Å². The summed E-state index contributed by atoms with van der Waals surface area (Å²) in [5, 5.41) is 10.6. The molecule has 2 rings (SSSR count). The van der Waals surface area contributed by atoms with E-state index in [1.807, 2.05) is 17.5 Å². The minimum atomic E-state index is 0.269. The highest BCUT2D eigenvalue weighted by Crippen LogP contribution is 2.24. The highest BCUT2D eigenvalue weighted by Gasteiger charge is 2.14. The number of hydrogen-bond acceptors (Lipinski definition) is 3. The van der Waals surface area contributed by atoms with E-state index in [-0.39, 0.29) is 5.78 Å². The highest BCUT2D eigenvalue weighted by molar-refractivity contribution is 7.10. The number of carbonyl (C=O) groups is 1. The van der Waals surface area contributed by atoms with Crippen LogP contribution in [-0.2, 0) is 4.79 Å². The monoisotopic (exact) mass is 217 g/mol. The van der Waals surface area contributed by atoms with Gasteiger partial charge in [0.25, 0.3) is 0 Å². The van der Waals surface area contributed by atoms with Crippen molar-refractivity contribution in [1.82, 2.24) is 0 Å². The SMILES string of the molecule is N#Cc1cc(/C=C2\CCCCC2=O)cs1. The molecule has 15 heavy (non-hydrogen) atoms. The Kier molecular flexibility index (Phi) is 2.98. The minimum Gasteiger partial charge on any atom is -0.295 e. The van der Waals surface area contributed by atoms with Crippen LogP contribution in [0.1, 0.15) is 36.1 Å². The summed E-state index contributed by atoms with van der Waals surface area (Å²) in [5.41, 5.74) is 1.91. The topological polar surface area (TPSA) is 40.9 Å². The fourth-order valence-corrected chi connectivity index (χ4v) is 2.40. The van der Waals surface area contributed by atoms with E-state index in [0.717, 1.165) is 30.4 Å². The van der Waals surface area contributed by atoms with Gasteiger partial charge in [0.05, 0.1) is 0 Å². The lowest BCUT2D eigenvalue weighted by Crippen LogP contribution is -2.07. The summed E-state index contributed by atoms with van der Waals surface area (Å²) in [6.45, 7) is 0. The number of Topliss-reactive ketones (excluding diaryl/α,β-unsaturated/α-hetero) is 1. The Bertz CT molecular complexity index is 450.